The summed E-state index contributed by atoms with van der Waals surface area (Å²) in [4.78, 5) is 15.1. The monoisotopic (exact) mass is 322 g/mol. The second kappa shape index (κ2) is 7.56. The molecule has 0 amide bonds. The molecule has 0 unspecified atom stereocenters. The van der Waals surface area contributed by atoms with Crippen molar-refractivity contribution in [2.24, 2.45) is 0 Å². The van der Waals surface area contributed by atoms with E-state index >= 15 is 0 Å². The highest BCUT2D eigenvalue weighted by molar-refractivity contribution is 5.60. The lowest BCUT2D eigenvalue weighted by Crippen LogP contribution is -2.21. The van der Waals surface area contributed by atoms with Crippen LogP contribution in [0.3, 0.4) is 0 Å². The van der Waals surface area contributed by atoms with Crippen molar-refractivity contribution >= 4 is 17.3 Å². The molecule has 3 rings (SSSR count). The van der Waals surface area contributed by atoms with Crippen LogP contribution in [0.2, 0.25) is 0 Å². The van der Waals surface area contributed by atoms with Gasteiger partial charge in [-0.2, -0.15) is 0 Å². The van der Waals surface area contributed by atoms with Gasteiger partial charge in [0.25, 0.3) is 0 Å². The average molecular weight is 322 g/mol. The molecular formula is C15H22N4O4. The zero-order valence-electron chi connectivity index (χ0n) is 13.0. The number of pyridine rings is 1. The third-order valence-electron chi connectivity index (χ3n) is 4.13. The minimum absolute atomic E-state index is 0.0225. The Morgan fingerprint density at radius 1 is 1.13 bits per heavy atom. The fraction of sp³-hybridized carbons (Fsp3) is 0.667. The first-order valence-electron chi connectivity index (χ1n) is 8.09. The van der Waals surface area contributed by atoms with E-state index in [2.05, 4.69) is 15.6 Å². The fourth-order valence-electron chi connectivity index (χ4n) is 2.87. The van der Waals surface area contributed by atoms with E-state index in [0.29, 0.717) is 18.9 Å². The maximum absolute atomic E-state index is 11.2. The van der Waals surface area contributed by atoms with E-state index in [1.165, 1.54) is 6.07 Å². The third-order valence-corrected chi connectivity index (χ3v) is 4.13. The summed E-state index contributed by atoms with van der Waals surface area (Å²) in [5, 5.41) is 17.4. The Labute approximate surface area is 134 Å². The predicted octanol–water partition coefficient (Wildman–Crippen LogP) is 2.17. The summed E-state index contributed by atoms with van der Waals surface area (Å²) in [7, 11) is 0. The van der Waals surface area contributed by atoms with Crippen LogP contribution in [0.25, 0.3) is 0 Å². The summed E-state index contributed by atoms with van der Waals surface area (Å²) in [6, 6.07) is 3.10. The first kappa shape index (κ1) is 15.9. The lowest BCUT2D eigenvalue weighted by atomic mass is 10.2. The van der Waals surface area contributed by atoms with Crippen LogP contribution in [-0.2, 0) is 9.47 Å². The van der Waals surface area contributed by atoms with Crippen LogP contribution in [0.15, 0.2) is 12.1 Å². The van der Waals surface area contributed by atoms with Gasteiger partial charge in [0.05, 0.1) is 17.1 Å². The Hall–Kier alpha value is -1.93. The summed E-state index contributed by atoms with van der Waals surface area (Å²) in [5.74, 6) is 0.892. The number of nitro groups is 1. The van der Waals surface area contributed by atoms with Crippen LogP contribution in [0.5, 0.6) is 0 Å². The molecule has 2 N–H and O–H groups in total. The molecule has 0 spiro atoms. The smallest absolute Gasteiger partial charge is 0.311 e. The number of nitrogens with zero attached hydrogens (tertiary/aromatic N) is 2. The Morgan fingerprint density at radius 3 is 2.35 bits per heavy atom. The second-order valence-corrected chi connectivity index (χ2v) is 5.85. The van der Waals surface area contributed by atoms with Crippen molar-refractivity contribution in [2.45, 2.75) is 37.9 Å². The van der Waals surface area contributed by atoms with Gasteiger partial charge in [-0.3, -0.25) is 10.1 Å². The van der Waals surface area contributed by atoms with Crippen molar-refractivity contribution in [3.8, 4) is 0 Å². The van der Waals surface area contributed by atoms with Crippen molar-refractivity contribution in [3.05, 3.63) is 22.2 Å². The molecule has 2 fully saturated rings. The van der Waals surface area contributed by atoms with E-state index in [-0.39, 0.29) is 23.7 Å². The largest absolute Gasteiger partial charge is 0.376 e. The van der Waals surface area contributed by atoms with Gasteiger partial charge in [0.15, 0.2) is 0 Å². The third kappa shape index (κ3) is 4.29. The fourth-order valence-corrected chi connectivity index (χ4v) is 2.87. The highest BCUT2D eigenvalue weighted by Crippen LogP contribution is 2.25. The van der Waals surface area contributed by atoms with Crippen LogP contribution in [0.1, 0.15) is 25.7 Å². The number of anilines is 2. The van der Waals surface area contributed by atoms with Crippen molar-refractivity contribution < 1.29 is 14.4 Å². The molecule has 0 bridgehead atoms. The molecule has 0 radical (unpaired) electrons. The van der Waals surface area contributed by atoms with Gasteiger partial charge in [-0.25, -0.2) is 4.98 Å². The molecule has 126 valence electrons. The summed E-state index contributed by atoms with van der Waals surface area (Å²) >= 11 is 0. The number of hydrogen-bond donors (Lipinski definition) is 2. The topological polar surface area (TPSA) is 98.6 Å². The van der Waals surface area contributed by atoms with E-state index in [1.807, 2.05) is 0 Å². The Bertz CT molecular complexity index is 542. The second-order valence-electron chi connectivity index (χ2n) is 5.85. The maximum atomic E-state index is 11.2. The molecule has 1 aromatic heterocycles. The molecule has 3 heterocycles. The molecule has 0 aliphatic carbocycles. The first-order valence-corrected chi connectivity index (χ1v) is 8.09. The van der Waals surface area contributed by atoms with Crippen LogP contribution in [0.4, 0.5) is 17.3 Å². The number of nitrogens with one attached hydrogen (secondary N) is 2. The van der Waals surface area contributed by atoms with Gasteiger partial charge in [-0.05, 0) is 31.7 Å². The molecule has 0 aromatic carbocycles. The maximum Gasteiger partial charge on any atom is 0.311 e. The van der Waals surface area contributed by atoms with Gasteiger partial charge in [0.2, 0.25) is 5.82 Å². The molecule has 2 saturated heterocycles. The van der Waals surface area contributed by atoms with Gasteiger partial charge >= 0.3 is 5.69 Å². The lowest BCUT2D eigenvalue weighted by molar-refractivity contribution is -0.384. The Morgan fingerprint density at radius 2 is 1.78 bits per heavy atom. The number of aromatic nitrogens is 1. The van der Waals surface area contributed by atoms with Crippen molar-refractivity contribution in [1.82, 2.24) is 4.98 Å². The van der Waals surface area contributed by atoms with E-state index in [9.17, 15) is 10.1 Å². The quantitative estimate of drug-likeness (QED) is 0.586. The minimum atomic E-state index is -0.422. The molecular weight excluding hydrogens is 300 g/mol. The molecule has 2 aliphatic rings. The van der Waals surface area contributed by atoms with Crippen LogP contribution in [-0.4, -0.2) is 48.4 Å². The summed E-state index contributed by atoms with van der Waals surface area (Å²) in [6.45, 7) is 2.75. The molecule has 2 atom stereocenters. The Balaban J connectivity index is 1.63. The average Bonchev–Trinajstić information content (AvgIpc) is 3.24. The summed E-state index contributed by atoms with van der Waals surface area (Å²) < 4.78 is 11.1. The number of ether oxygens (including phenoxy) is 2. The van der Waals surface area contributed by atoms with Crippen molar-refractivity contribution in [1.29, 1.82) is 0 Å². The molecule has 2 aliphatic heterocycles. The van der Waals surface area contributed by atoms with Gasteiger partial charge < -0.3 is 20.1 Å². The van der Waals surface area contributed by atoms with Crippen molar-refractivity contribution in [3.63, 3.8) is 0 Å². The molecule has 8 heteroatoms. The summed E-state index contributed by atoms with van der Waals surface area (Å²) in [6.07, 6.45) is 4.40. The molecule has 23 heavy (non-hydrogen) atoms. The van der Waals surface area contributed by atoms with Crippen LogP contribution >= 0.6 is 0 Å². The highest BCUT2D eigenvalue weighted by Gasteiger charge is 2.20. The standard InChI is InChI=1S/C15H22N4O4/c20-19(21)13-5-6-14(16-9-11-3-1-7-22-11)18-15(13)17-10-12-4-2-8-23-12/h5-6,11-12H,1-4,7-10H2,(H2,16,17,18)/t11-,12-/m1/s1. The zero-order valence-corrected chi connectivity index (χ0v) is 13.0. The van der Waals surface area contributed by atoms with Gasteiger partial charge in [0.1, 0.15) is 5.82 Å². The molecule has 0 saturated carbocycles. The predicted molar refractivity (Wildman–Crippen MR) is 85.8 cm³/mol. The van der Waals surface area contributed by atoms with Crippen LogP contribution in [0, 0.1) is 10.1 Å². The number of hydrogen-bond acceptors (Lipinski definition) is 7. The van der Waals surface area contributed by atoms with Gasteiger partial charge in [0, 0.05) is 32.4 Å². The van der Waals surface area contributed by atoms with E-state index in [1.54, 1.807) is 6.07 Å². The van der Waals surface area contributed by atoms with E-state index in [0.717, 1.165) is 38.9 Å². The Kier molecular flexibility index (Phi) is 5.24. The van der Waals surface area contributed by atoms with Crippen molar-refractivity contribution in [2.75, 3.05) is 36.9 Å². The number of rotatable bonds is 7. The normalized spacial score (nSPS) is 23.8. The SMILES string of the molecule is O=[N+]([O-])c1ccc(NC[C@H]2CCCO2)nc1NC[C@H]1CCCO1. The summed E-state index contributed by atoms with van der Waals surface area (Å²) in [5.41, 5.74) is -0.0225. The van der Waals surface area contributed by atoms with E-state index in [4.69, 9.17) is 9.47 Å². The lowest BCUT2D eigenvalue weighted by Gasteiger charge is -2.14. The van der Waals surface area contributed by atoms with Gasteiger partial charge in [-0.15, -0.1) is 0 Å². The zero-order chi connectivity index (χ0) is 16.1. The minimum Gasteiger partial charge on any atom is -0.376 e. The van der Waals surface area contributed by atoms with E-state index < -0.39 is 4.92 Å². The molecule has 8 nitrogen and oxygen atoms in total. The highest BCUT2D eigenvalue weighted by atomic mass is 16.6. The molecule has 1 aromatic rings. The van der Waals surface area contributed by atoms with Crippen LogP contribution < -0.4 is 10.6 Å². The first-order chi connectivity index (χ1) is 11.2. The van der Waals surface area contributed by atoms with Gasteiger partial charge in [-0.1, -0.05) is 0 Å².